The van der Waals surface area contributed by atoms with Gasteiger partial charge in [0.1, 0.15) is 0 Å². The molecule has 0 bridgehead atoms. The van der Waals surface area contributed by atoms with Crippen LogP contribution in [-0.2, 0) is 23.7 Å². The number of hydrogen-bond acceptors (Lipinski definition) is 5. The van der Waals surface area contributed by atoms with Crippen LogP contribution in [0.5, 0.6) is 0 Å². The second-order valence-electron chi connectivity index (χ2n) is 11.5. The van der Waals surface area contributed by atoms with Gasteiger partial charge in [0.25, 0.3) is 0 Å². The third-order valence-electron chi connectivity index (χ3n) is 7.60. The fourth-order valence-electron chi connectivity index (χ4n) is 4.99. The van der Waals surface area contributed by atoms with Crippen molar-refractivity contribution < 1.29 is 50.1 Å². The van der Waals surface area contributed by atoms with Crippen LogP contribution < -0.4 is 0 Å². The van der Waals surface area contributed by atoms with E-state index in [0.29, 0.717) is 12.8 Å². The molecule has 1 aliphatic heterocycles. The van der Waals surface area contributed by atoms with Crippen molar-refractivity contribution in [3.8, 4) is 0 Å². The van der Waals surface area contributed by atoms with Gasteiger partial charge in [-0.2, -0.15) is 26.3 Å². The van der Waals surface area contributed by atoms with Gasteiger partial charge < -0.3 is 18.9 Å². The molecule has 5 nitrogen and oxygen atoms in total. The van der Waals surface area contributed by atoms with Gasteiger partial charge in [0.15, 0.2) is 5.79 Å². The summed E-state index contributed by atoms with van der Waals surface area (Å²) in [5.41, 5.74) is -0.865. The minimum Gasteiger partial charge on any atom is -0.465 e. The largest absolute Gasteiger partial charge is 0.465 e. The lowest BCUT2D eigenvalue weighted by atomic mass is 9.65. The van der Waals surface area contributed by atoms with Gasteiger partial charge >= 0.3 is 18.3 Å². The molecule has 5 unspecified atom stereocenters. The fraction of sp³-hybridized carbons (Fsp3) is 0.960. The molecule has 2 fully saturated rings. The third-order valence-corrected chi connectivity index (χ3v) is 7.60. The standard InChI is InChI=1S/C25H40F6O5/c1-7-11-22(5,21(2,3)4)20(32)34-15-16-9-10-17-18(14-16)36-23(6,35-17)12-8-13-33-19(24(26,27)28)25(29,30)31/h16-19H,7-15H2,1-6H3. The number of carbonyl (C=O) groups excluding carboxylic acids is 1. The summed E-state index contributed by atoms with van der Waals surface area (Å²) in [4.78, 5) is 13.0. The Bertz CT molecular complexity index is 720. The van der Waals surface area contributed by atoms with E-state index in [4.69, 9.17) is 14.2 Å². The minimum atomic E-state index is -5.53. The molecule has 2 aliphatic rings. The highest BCUT2D eigenvalue weighted by atomic mass is 19.4. The van der Waals surface area contributed by atoms with Gasteiger partial charge in [-0.1, -0.05) is 34.1 Å². The molecule has 0 amide bonds. The first-order valence-electron chi connectivity index (χ1n) is 12.6. The monoisotopic (exact) mass is 534 g/mol. The van der Waals surface area contributed by atoms with E-state index in [2.05, 4.69) is 4.74 Å². The van der Waals surface area contributed by atoms with Crippen LogP contribution in [0.25, 0.3) is 0 Å². The number of carbonyl (C=O) groups is 1. The average molecular weight is 535 g/mol. The fourth-order valence-corrected chi connectivity index (χ4v) is 4.99. The van der Waals surface area contributed by atoms with Crippen LogP contribution in [0.4, 0.5) is 26.3 Å². The Morgan fingerprint density at radius 3 is 2.11 bits per heavy atom. The first-order valence-corrected chi connectivity index (χ1v) is 12.6. The van der Waals surface area contributed by atoms with E-state index in [-0.39, 0.29) is 49.0 Å². The highest BCUT2D eigenvalue weighted by Gasteiger charge is 2.58. The number of fused-ring (bicyclic) bond motifs is 1. The number of halogens is 6. The van der Waals surface area contributed by atoms with Crippen molar-refractivity contribution >= 4 is 5.97 Å². The maximum atomic E-state index is 13.0. The van der Waals surface area contributed by atoms with Crippen LogP contribution in [0.3, 0.4) is 0 Å². The predicted molar refractivity (Wildman–Crippen MR) is 120 cm³/mol. The Labute approximate surface area is 209 Å². The van der Waals surface area contributed by atoms with Crippen molar-refractivity contribution in [1.82, 2.24) is 0 Å². The smallest absolute Gasteiger partial charge is 0.423 e. The van der Waals surface area contributed by atoms with Crippen molar-refractivity contribution in [3.63, 3.8) is 0 Å². The Morgan fingerprint density at radius 2 is 1.58 bits per heavy atom. The van der Waals surface area contributed by atoms with E-state index in [9.17, 15) is 31.1 Å². The van der Waals surface area contributed by atoms with E-state index in [1.807, 2.05) is 34.6 Å². The van der Waals surface area contributed by atoms with Crippen LogP contribution in [0.1, 0.15) is 86.5 Å². The van der Waals surface area contributed by atoms with Gasteiger partial charge in [-0.25, -0.2) is 0 Å². The second-order valence-corrected chi connectivity index (χ2v) is 11.5. The summed E-state index contributed by atoms with van der Waals surface area (Å²) in [6.45, 7) is 11.2. The Morgan fingerprint density at radius 1 is 1.00 bits per heavy atom. The number of hydrogen-bond donors (Lipinski definition) is 0. The minimum absolute atomic E-state index is 0.0784. The van der Waals surface area contributed by atoms with E-state index in [1.165, 1.54) is 0 Å². The van der Waals surface area contributed by atoms with Crippen molar-refractivity contribution in [2.75, 3.05) is 13.2 Å². The lowest BCUT2D eigenvalue weighted by Crippen LogP contribution is -2.44. The molecule has 1 heterocycles. The first-order chi connectivity index (χ1) is 16.3. The maximum Gasteiger partial charge on any atom is 0.423 e. The van der Waals surface area contributed by atoms with Gasteiger partial charge in [0.2, 0.25) is 6.10 Å². The van der Waals surface area contributed by atoms with Gasteiger partial charge in [-0.3, -0.25) is 4.79 Å². The van der Waals surface area contributed by atoms with Crippen LogP contribution in [-0.4, -0.2) is 55.6 Å². The summed E-state index contributed by atoms with van der Waals surface area (Å²) >= 11 is 0. The van der Waals surface area contributed by atoms with E-state index in [0.717, 1.165) is 19.3 Å². The molecule has 212 valence electrons. The zero-order valence-corrected chi connectivity index (χ0v) is 22.0. The molecule has 11 heteroatoms. The summed E-state index contributed by atoms with van der Waals surface area (Å²) in [6.07, 6.45) is -11.8. The van der Waals surface area contributed by atoms with Gasteiger partial charge in [-0.05, 0) is 57.3 Å². The van der Waals surface area contributed by atoms with Gasteiger partial charge in [0, 0.05) is 13.0 Å². The Balaban J connectivity index is 1.84. The molecule has 36 heavy (non-hydrogen) atoms. The van der Waals surface area contributed by atoms with E-state index < -0.39 is 36.3 Å². The predicted octanol–water partition coefficient (Wildman–Crippen LogP) is 6.97. The molecule has 1 saturated carbocycles. The second kappa shape index (κ2) is 11.4. The molecule has 2 rings (SSSR count). The first kappa shape index (κ1) is 31.1. The highest BCUT2D eigenvalue weighted by Crippen LogP contribution is 2.45. The third kappa shape index (κ3) is 7.72. The van der Waals surface area contributed by atoms with Crippen LogP contribution in [0, 0.1) is 16.7 Å². The SMILES string of the molecule is CCCC(C)(C(=O)OCC1CCC2OC(C)(CCCOC(C(F)(F)F)C(F)(F)F)OC2C1)C(C)(C)C. The summed E-state index contributed by atoms with van der Waals surface area (Å²) in [6, 6.07) is 0. The number of alkyl halides is 6. The summed E-state index contributed by atoms with van der Waals surface area (Å²) in [5.74, 6) is -1.26. The molecule has 0 radical (unpaired) electrons. The zero-order chi connectivity index (χ0) is 27.6. The maximum absolute atomic E-state index is 13.0. The topological polar surface area (TPSA) is 54.0 Å². The molecular formula is C25H40F6O5. The molecule has 1 saturated heterocycles. The molecule has 0 spiro atoms. The summed E-state index contributed by atoms with van der Waals surface area (Å²) in [5, 5.41) is 0. The van der Waals surface area contributed by atoms with Crippen LogP contribution in [0.2, 0.25) is 0 Å². The van der Waals surface area contributed by atoms with Crippen LogP contribution in [0.15, 0.2) is 0 Å². The zero-order valence-electron chi connectivity index (χ0n) is 22.0. The lowest BCUT2D eigenvalue weighted by Gasteiger charge is -2.40. The normalized spacial score (nSPS) is 29.2. The molecule has 0 aromatic carbocycles. The number of rotatable bonds is 10. The van der Waals surface area contributed by atoms with Gasteiger partial charge in [-0.15, -0.1) is 0 Å². The van der Waals surface area contributed by atoms with Crippen molar-refractivity contribution in [3.05, 3.63) is 0 Å². The number of ether oxygens (including phenoxy) is 4. The molecule has 0 aromatic heterocycles. The highest BCUT2D eigenvalue weighted by molar-refractivity contribution is 5.77. The van der Waals surface area contributed by atoms with Gasteiger partial charge in [0.05, 0.1) is 24.2 Å². The molecular weight excluding hydrogens is 494 g/mol. The average Bonchev–Trinajstić information content (AvgIpc) is 3.04. The molecule has 1 aliphatic carbocycles. The summed E-state index contributed by atoms with van der Waals surface area (Å²) < 4.78 is 97.5. The molecule has 5 atom stereocenters. The summed E-state index contributed by atoms with van der Waals surface area (Å²) in [7, 11) is 0. The van der Waals surface area contributed by atoms with Crippen molar-refractivity contribution in [2.45, 2.75) is 123 Å². The quantitative estimate of drug-likeness (QED) is 0.172. The van der Waals surface area contributed by atoms with E-state index in [1.54, 1.807) is 6.92 Å². The van der Waals surface area contributed by atoms with Crippen LogP contribution >= 0.6 is 0 Å². The number of esters is 1. The lowest BCUT2D eigenvalue weighted by molar-refractivity contribution is -0.322. The van der Waals surface area contributed by atoms with E-state index >= 15 is 0 Å². The molecule has 0 aromatic rings. The van der Waals surface area contributed by atoms with Crippen molar-refractivity contribution in [2.24, 2.45) is 16.7 Å². The Hall–Kier alpha value is -1.07. The Kier molecular flexibility index (Phi) is 9.82. The van der Waals surface area contributed by atoms with Crippen molar-refractivity contribution in [1.29, 1.82) is 0 Å². The molecule has 0 N–H and O–H groups in total.